The highest BCUT2D eigenvalue weighted by atomic mass is 16.5. The lowest BCUT2D eigenvalue weighted by molar-refractivity contribution is -0.161. The fourth-order valence-corrected chi connectivity index (χ4v) is 1.80. The molecule has 0 bridgehead atoms. The molecule has 8 nitrogen and oxygen atoms in total. The molecule has 0 aromatic carbocycles. The predicted molar refractivity (Wildman–Crippen MR) is 58.0 cm³/mol. The predicted octanol–water partition coefficient (Wildman–Crippen LogP) is -0.726. The fraction of sp³-hybridized carbons (Fsp3) is 0.700. The standard InChI is InChI=1S/C5H9NO3.C5H7NO3/c7-5(8)4-2-1-3-6(4)9;7-4-2-1-3(6-4)5(8)9/h4,9H,1-3H2,(H,7,8);3H,1-2H2,(H,6,7)(H,8,9). The number of nitrogens with one attached hydrogen (secondary N) is 1. The van der Waals surface area contributed by atoms with Crippen LogP contribution in [0.5, 0.6) is 0 Å². The van der Waals surface area contributed by atoms with Crippen molar-refractivity contribution in [2.24, 2.45) is 0 Å². The molecule has 2 aliphatic rings. The summed E-state index contributed by atoms with van der Waals surface area (Å²) in [6, 6.07) is -1.30. The summed E-state index contributed by atoms with van der Waals surface area (Å²) in [7, 11) is 0. The Bertz CT molecular complexity index is 345. The van der Waals surface area contributed by atoms with E-state index in [1.807, 2.05) is 0 Å². The third-order valence-electron chi connectivity index (χ3n) is 2.80. The molecule has 0 aliphatic carbocycles. The van der Waals surface area contributed by atoms with Crippen LogP contribution in [-0.2, 0) is 14.4 Å². The molecule has 2 unspecified atom stereocenters. The summed E-state index contributed by atoms with van der Waals surface area (Å²) in [6.45, 7) is 0.483. The van der Waals surface area contributed by atoms with Gasteiger partial charge in [0.05, 0.1) is 0 Å². The summed E-state index contributed by atoms with van der Waals surface area (Å²) in [5.74, 6) is -2.04. The first kappa shape index (κ1) is 14.4. The Kier molecular flexibility index (Phi) is 5.05. The Labute approximate surface area is 103 Å². The van der Waals surface area contributed by atoms with Crippen LogP contribution in [0.25, 0.3) is 0 Å². The van der Waals surface area contributed by atoms with E-state index in [0.29, 0.717) is 25.8 Å². The number of hydrogen-bond acceptors (Lipinski definition) is 5. The smallest absolute Gasteiger partial charge is 0.326 e. The van der Waals surface area contributed by atoms with Gasteiger partial charge in [-0.3, -0.25) is 9.59 Å². The third-order valence-corrected chi connectivity index (χ3v) is 2.80. The van der Waals surface area contributed by atoms with Crippen molar-refractivity contribution in [2.45, 2.75) is 37.8 Å². The average Bonchev–Trinajstić information content (AvgIpc) is 2.87. The summed E-state index contributed by atoms with van der Waals surface area (Å²) >= 11 is 0. The molecule has 2 heterocycles. The van der Waals surface area contributed by atoms with Crippen molar-refractivity contribution >= 4 is 17.8 Å². The van der Waals surface area contributed by atoms with Crippen LogP contribution in [-0.4, -0.2) is 57.0 Å². The van der Waals surface area contributed by atoms with E-state index in [0.717, 1.165) is 11.5 Å². The van der Waals surface area contributed by atoms with E-state index < -0.39 is 24.0 Å². The number of carboxylic acid groups (broad SMARTS) is 2. The van der Waals surface area contributed by atoms with E-state index in [-0.39, 0.29) is 5.91 Å². The molecule has 0 saturated carbocycles. The molecule has 2 aliphatic heterocycles. The lowest BCUT2D eigenvalue weighted by Gasteiger charge is -2.11. The van der Waals surface area contributed by atoms with Crippen LogP contribution in [0.4, 0.5) is 0 Å². The van der Waals surface area contributed by atoms with Crippen molar-refractivity contribution < 1.29 is 29.8 Å². The molecule has 2 atom stereocenters. The first-order valence-corrected chi connectivity index (χ1v) is 5.62. The number of hydroxylamine groups is 2. The fourth-order valence-electron chi connectivity index (χ4n) is 1.80. The van der Waals surface area contributed by atoms with Gasteiger partial charge in [0.1, 0.15) is 12.1 Å². The highest BCUT2D eigenvalue weighted by molar-refractivity contribution is 5.87. The molecule has 0 radical (unpaired) electrons. The second kappa shape index (κ2) is 6.31. The van der Waals surface area contributed by atoms with Crippen LogP contribution in [0.3, 0.4) is 0 Å². The molecule has 1 amide bonds. The van der Waals surface area contributed by atoms with Gasteiger partial charge in [0.25, 0.3) is 0 Å². The topological polar surface area (TPSA) is 127 Å². The SMILES string of the molecule is O=C(O)C1CCCN1O.O=C1CCC(C(=O)O)N1. The van der Waals surface area contributed by atoms with Gasteiger partial charge in [-0.1, -0.05) is 0 Å². The van der Waals surface area contributed by atoms with Crippen molar-refractivity contribution in [1.29, 1.82) is 0 Å². The van der Waals surface area contributed by atoms with Crippen molar-refractivity contribution in [1.82, 2.24) is 10.4 Å². The molecule has 2 fully saturated rings. The van der Waals surface area contributed by atoms with E-state index in [4.69, 9.17) is 15.4 Å². The van der Waals surface area contributed by atoms with Crippen LogP contribution in [0.2, 0.25) is 0 Å². The van der Waals surface area contributed by atoms with E-state index in [9.17, 15) is 14.4 Å². The number of rotatable bonds is 2. The Balaban J connectivity index is 0.000000180. The van der Waals surface area contributed by atoms with Crippen molar-refractivity contribution in [3.63, 3.8) is 0 Å². The minimum Gasteiger partial charge on any atom is -0.480 e. The first-order valence-electron chi connectivity index (χ1n) is 5.62. The number of carboxylic acids is 2. The molecule has 8 heteroatoms. The molecule has 0 aromatic heterocycles. The Morgan fingerprint density at radius 1 is 1.22 bits per heavy atom. The van der Waals surface area contributed by atoms with Gasteiger partial charge < -0.3 is 20.7 Å². The second-order valence-corrected chi connectivity index (χ2v) is 4.16. The zero-order chi connectivity index (χ0) is 13.7. The Morgan fingerprint density at radius 2 is 1.89 bits per heavy atom. The van der Waals surface area contributed by atoms with Gasteiger partial charge in [0.15, 0.2) is 0 Å². The molecule has 0 aromatic rings. The maximum Gasteiger partial charge on any atom is 0.326 e. The minimum absolute atomic E-state index is 0.164. The van der Waals surface area contributed by atoms with Crippen LogP contribution >= 0.6 is 0 Å². The second-order valence-electron chi connectivity index (χ2n) is 4.16. The van der Waals surface area contributed by atoms with Gasteiger partial charge in [-0.05, 0) is 19.3 Å². The summed E-state index contributed by atoms with van der Waals surface area (Å²) in [5, 5.41) is 28.7. The normalized spacial score (nSPS) is 27.3. The zero-order valence-electron chi connectivity index (χ0n) is 9.70. The number of aliphatic carboxylic acids is 2. The number of carbonyl (C=O) groups excluding carboxylic acids is 1. The lowest BCUT2D eigenvalue weighted by Crippen LogP contribution is -2.32. The van der Waals surface area contributed by atoms with Gasteiger partial charge in [0, 0.05) is 13.0 Å². The maximum atomic E-state index is 10.4. The van der Waals surface area contributed by atoms with Crippen LogP contribution in [0, 0.1) is 0 Å². The van der Waals surface area contributed by atoms with E-state index in [1.165, 1.54) is 0 Å². The molecule has 0 spiro atoms. The monoisotopic (exact) mass is 260 g/mol. The number of amides is 1. The Hall–Kier alpha value is -1.67. The third kappa shape index (κ3) is 3.97. The van der Waals surface area contributed by atoms with Gasteiger partial charge >= 0.3 is 11.9 Å². The van der Waals surface area contributed by atoms with E-state index in [1.54, 1.807) is 0 Å². The Morgan fingerprint density at radius 3 is 2.11 bits per heavy atom. The summed E-state index contributed by atoms with van der Waals surface area (Å²) in [6.07, 6.45) is 2.10. The largest absolute Gasteiger partial charge is 0.480 e. The minimum atomic E-state index is -0.944. The van der Waals surface area contributed by atoms with Gasteiger partial charge in [-0.2, -0.15) is 5.06 Å². The molecule has 18 heavy (non-hydrogen) atoms. The maximum absolute atomic E-state index is 10.4. The van der Waals surface area contributed by atoms with Gasteiger partial charge in [-0.15, -0.1) is 0 Å². The average molecular weight is 260 g/mol. The quantitative estimate of drug-likeness (QED) is 0.515. The number of carbonyl (C=O) groups is 3. The van der Waals surface area contributed by atoms with Crippen molar-refractivity contribution in [2.75, 3.05) is 6.54 Å². The number of nitrogens with zero attached hydrogens (tertiary/aromatic N) is 1. The van der Waals surface area contributed by atoms with Crippen molar-refractivity contribution in [3.05, 3.63) is 0 Å². The van der Waals surface area contributed by atoms with Crippen molar-refractivity contribution in [3.8, 4) is 0 Å². The summed E-state index contributed by atoms with van der Waals surface area (Å²) < 4.78 is 0. The van der Waals surface area contributed by atoms with Gasteiger partial charge in [-0.25, -0.2) is 4.79 Å². The summed E-state index contributed by atoms with van der Waals surface area (Å²) in [5.41, 5.74) is 0. The highest BCUT2D eigenvalue weighted by Gasteiger charge is 2.28. The highest BCUT2D eigenvalue weighted by Crippen LogP contribution is 2.13. The molecule has 4 N–H and O–H groups in total. The van der Waals surface area contributed by atoms with Crippen LogP contribution < -0.4 is 5.32 Å². The zero-order valence-corrected chi connectivity index (χ0v) is 9.70. The first-order chi connectivity index (χ1) is 8.41. The van der Waals surface area contributed by atoms with Crippen LogP contribution in [0.1, 0.15) is 25.7 Å². The van der Waals surface area contributed by atoms with Gasteiger partial charge in [0.2, 0.25) is 5.91 Å². The molecule has 2 saturated heterocycles. The molecular weight excluding hydrogens is 244 g/mol. The van der Waals surface area contributed by atoms with Crippen LogP contribution in [0.15, 0.2) is 0 Å². The molecule has 2 rings (SSSR count). The molecular formula is C10H16N2O6. The van der Waals surface area contributed by atoms with E-state index >= 15 is 0 Å². The lowest BCUT2D eigenvalue weighted by atomic mass is 10.2. The van der Waals surface area contributed by atoms with E-state index in [2.05, 4.69) is 5.32 Å². The number of hydrogen-bond donors (Lipinski definition) is 4. The summed E-state index contributed by atoms with van der Waals surface area (Å²) in [4.78, 5) is 30.7. The molecule has 102 valence electrons.